The number of imidazole rings is 1. The molecule has 2 aromatic heterocycles. The number of fused-ring (bicyclic) bond motifs is 1. The van der Waals surface area contributed by atoms with E-state index >= 15 is 0 Å². The molecule has 0 amide bonds. The largest absolute Gasteiger partial charge is 0.494 e. The van der Waals surface area contributed by atoms with Gasteiger partial charge in [0.2, 0.25) is 5.95 Å². The van der Waals surface area contributed by atoms with Gasteiger partial charge in [0.05, 0.1) is 31.1 Å². The predicted octanol–water partition coefficient (Wildman–Crippen LogP) is 4.99. The summed E-state index contributed by atoms with van der Waals surface area (Å²) in [5.41, 5.74) is 4.18. The maximum Gasteiger partial charge on any atom is 0.229 e. The van der Waals surface area contributed by atoms with Crippen LogP contribution in [0.25, 0.3) is 5.69 Å². The van der Waals surface area contributed by atoms with E-state index in [2.05, 4.69) is 15.6 Å². The summed E-state index contributed by atoms with van der Waals surface area (Å²) in [7, 11) is 1.59. The Hall–Kier alpha value is -3.76. The minimum Gasteiger partial charge on any atom is -0.494 e. The fourth-order valence-corrected chi connectivity index (χ4v) is 5.24. The molecule has 0 saturated carbocycles. The highest BCUT2D eigenvalue weighted by atomic mass is 35.5. The highest BCUT2D eigenvalue weighted by Crippen LogP contribution is 2.36. The van der Waals surface area contributed by atoms with Gasteiger partial charge in [0.1, 0.15) is 35.0 Å². The van der Waals surface area contributed by atoms with Crippen LogP contribution in [0.2, 0.25) is 5.15 Å². The Labute approximate surface area is 223 Å². The molecule has 0 bridgehead atoms. The molecule has 4 heterocycles. The lowest BCUT2D eigenvalue weighted by Gasteiger charge is -2.30. The van der Waals surface area contributed by atoms with E-state index in [1.807, 2.05) is 23.1 Å². The predicted molar refractivity (Wildman–Crippen MR) is 142 cm³/mol. The summed E-state index contributed by atoms with van der Waals surface area (Å²) in [6, 6.07) is 11.8. The maximum atomic E-state index is 14.2. The van der Waals surface area contributed by atoms with Crippen LogP contribution in [0.1, 0.15) is 29.3 Å². The molecule has 0 radical (unpaired) electrons. The van der Waals surface area contributed by atoms with Crippen LogP contribution >= 0.6 is 11.6 Å². The van der Waals surface area contributed by atoms with Gasteiger partial charge >= 0.3 is 0 Å². The van der Waals surface area contributed by atoms with Gasteiger partial charge in [-0.15, -0.1) is 0 Å². The third-order valence-electron chi connectivity index (χ3n) is 6.91. The first kappa shape index (κ1) is 24.6. The molecular weight excluding hydrogens is 512 g/mol. The molecule has 38 heavy (non-hydrogen) atoms. The monoisotopic (exact) mass is 537 g/mol. The number of nitrogens with one attached hydrogen (secondary N) is 2. The Morgan fingerprint density at radius 3 is 2.71 bits per heavy atom. The Bertz CT molecular complexity index is 1460. The molecule has 2 atom stereocenters. The molecule has 2 aromatic carbocycles. The molecule has 2 N–H and O–H groups in total. The standard InChI is InChI=1S/C27H26ClF2N7O/c1-38-22-12-19(6-7-21(22)37-14-23(28)32-15-37)33-27-34-25-20(26(35-27)36-11-9-18(30)13-36)8-10-31-24(25)16-2-4-17(29)5-3-16/h2-7,12,14-15,18,24,31H,8-11,13H2,1H3,(H,33,34,35). The number of alkyl halides is 1. The summed E-state index contributed by atoms with van der Waals surface area (Å²) >= 11 is 5.99. The van der Waals surface area contributed by atoms with Gasteiger partial charge in [0, 0.05) is 36.6 Å². The van der Waals surface area contributed by atoms with Crippen molar-refractivity contribution in [2.75, 3.05) is 37.0 Å². The third-order valence-corrected chi connectivity index (χ3v) is 7.11. The van der Waals surface area contributed by atoms with Crippen molar-refractivity contribution in [1.82, 2.24) is 24.8 Å². The molecule has 2 aliphatic rings. The van der Waals surface area contributed by atoms with E-state index in [-0.39, 0.29) is 11.9 Å². The number of anilines is 3. The minimum atomic E-state index is -0.889. The molecule has 8 nitrogen and oxygen atoms in total. The van der Waals surface area contributed by atoms with Crippen molar-refractivity contribution in [2.24, 2.45) is 0 Å². The van der Waals surface area contributed by atoms with Crippen LogP contribution in [0.5, 0.6) is 5.75 Å². The van der Waals surface area contributed by atoms with Crippen LogP contribution in [-0.2, 0) is 6.42 Å². The van der Waals surface area contributed by atoms with Crippen molar-refractivity contribution in [3.63, 3.8) is 0 Å². The van der Waals surface area contributed by atoms with Crippen molar-refractivity contribution >= 4 is 29.1 Å². The Morgan fingerprint density at radius 2 is 2.00 bits per heavy atom. The highest BCUT2D eigenvalue weighted by molar-refractivity contribution is 6.29. The van der Waals surface area contributed by atoms with Gasteiger partial charge < -0.3 is 24.8 Å². The molecule has 11 heteroatoms. The lowest BCUT2D eigenvalue weighted by atomic mass is 9.94. The van der Waals surface area contributed by atoms with Crippen molar-refractivity contribution in [3.8, 4) is 11.4 Å². The van der Waals surface area contributed by atoms with Gasteiger partial charge in [-0.3, -0.25) is 0 Å². The fraction of sp³-hybridized carbons (Fsp3) is 0.296. The minimum absolute atomic E-state index is 0.242. The molecule has 2 aliphatic heterocycles. The second kappa shape index (κ2) is 10.2. The number of rotatable bonds is 6. The van der Waals surface area contributed by atoms with Gasteiger partial charge in [-0.1, -0.05) is 23.7 Å². The molecule has 1 saturated heterocycles. The quantitative estimate of drug-likeness (QED) is 0.359. The van der Waals surface area contributed by atoms with Crippen LogP contribution < -0.4 is 20.3 Å². The number of hydrogen-bond acceptors (Lipinski definition) is 7. The average Bonchev–Trinajstić information content (AvgIpc) is 3.56. The second-order valence-corrected chi connectivity index (χ2v) is 9.76. The van der Waals surface area contributed by atoms with E-state index in [1.165, 1.54) is 12.1 Å². The number of hydrogen-bond donors (Lipinski definition) is 2. The summed E-state index contributed by atoms with van der Waals surface area (Å²) in [6.45, 7) is 1.60. The van der Waals surface area contributed by atoms with E-state index in [0.717, 1.165) is 34.0 Å². The van der Waals surface area contributed by atoms with E-state index in [9.17, 15) is 8.78 Å². The van der Waals surface area contributed by atoms with Gasteiger partial charge in [0.25, 0.3) is 0 Å². The molecule has 0 spiro atoms. The van der Waals surface area contributed by atoms with E-state index in [4.69, 9.17) is 26.3 Å². The Balaban J connectivity index is 1.39. The number of nitrogens with zero attached hydrogens (tertiary/aromatic N) is 5. The highest BCUT2D eigenvalue weighted by Gasteiger charge is 2.32. The molecule has 0 aliphatic carbocycles. The Morgan fingerprint density at radius 1 is 1.16 bits per heavy atom. The van der Waals surface area contributed by atoms with E-state index in [1.54, 1.807) is 36.3 Å². The fourth-order valence-electron chi connectivity index (χ4n) is 5.09. The van der Waals surface area contributed by atoms with Gasteiger partial charge in [-0.25, -0.2) is 18.7 Å². The summed E-state index contributed by atoms with van der Waals surface area (Å²) < 4.78 is 35.2. The Kier molecular flexibility index (Phi) is 6.59. The topological polar surface area (TPSA) is 80.1 Å². The molecule has 196 valence electrons. The van der Waals surface area contributed by atoms with Crippen molar-refractivity contribution in [2.45, 2.75) is 25.1 Å². The lowest BCUT2D eigenvalue weighted by Crippen LogP contribution is -2.34. The zero-order chi connectivity index (χ0) is 26.2. The van der Waals surface area contributed by atoms with Gasteiger partial charge in [-0.2, -0.15) is 4.98 Å². The molecule has 2 unspecified atom stereocenters. The number of benzene rings is 2. The van der Waals surface area contributed by atoms with Crippen LogP contribution in [-0.4, -0.2) is 52.4 Å². The first-order chi connectivity index (χ1) is 18.5. The zero-order valence-corrected chi connectivity index (χ0v) is 21.4. The van der Waals surface area contributed by atoms with Crippen molar-refractivity contribution < 1.29 is 13.5 Å². The molecule has 4 aromatic rings. The normalized spacial score (nSPS) is 18.9. The summed E-state index contributed by atoms with van der Waals surface area (Å²) in [5.74, 6) is 1.44. The van der Waals surface area contributed by atoms with Gasteiger partial charge in [-0.05, 0) is 42.7 Å². The zero-order valence-electron chi connectivity index (χ0n) is 20.7. The van der Waals surface area contributed by atoms with Gasteiger partial charge in [0.15, 0.2) is 0 Å². The van der Waals surface area contributed by atoms with E-state index in [0.29, 0.717) is 49.3 Å². The smallest absolute Gasteiger partial charge is 0.229 e. The number of ether oxygens (including phenoxy) is 1. The molecule has 6 rings (SSSR count). The first-order valence-electron chi connectivity index (χ1n) is 12.4. The second-order valence-electron chi connectivity index (χ2n) is 9.37. The molecule has 1 fully saturated rings. The van der Waals surface area contributed by atoms with Crippen LogP contribution in [0, 0.1) is 5.82 Å². The summed E-state index contributed by atoms with van der Waals surface area (Å²) in [5, 5.41) is 7.19. The summed E-state index contributed by atoms with van der Waals surface area (Å²) in [6.07, 6.45) is 3.61. The first-order valence-corrected chi connectivity index (χ1v) is 12.8. The number of methoxy groups -OCH3 is 1. The average molecular weight is 538 g/mol. The SMILES string of the molecule is COc1cc(Nc2nc3c(c(N4CCC(F)C4)n2)CCNC3c2ccc(F)cc2)ccc1-n1cnc(Cl)c1. The van der Waals surface area contributed by atoms with Crippen LogP contribution in [0.3, 0.4) is 0 Å². The summed E-state index contributed by atoms with van der Waals surface area (Å²) in [4.78, 5) is 15.8. The number of halogens is 3. The molecular formula is C27H26ClF2N7O. The third kappa shape index (κ3) is 4.77. The van der Waals surface area contributed by atoms with Crippen LogP contribution in [0.4, 0.5) is 26.2 Å². The van der Waals surface area contributed by atoms with Crippen LogP contribution in [0.15, 0.2) is 55.0 Å². The lowest BCUT2D eigenvalue weighted by molar-refractivity contribution is 0.364. The van der Waals surface area contributed by atoms with Crippen molar-refractivity contribution in [3.05, 3.63) is 82.8 Å². The van der Waals surface area contributed by atoms with E-state index < -0.39 is 6.17 Å². The number of aromatic nitrogens is 4. The van der Waals surface area contributed by atoms with Crippen molar-refractivity contribution in [1.29, 1.82) is 0 Å². The maximum absolute atomic E-state index is 14.2.